The van der Waals surface area contributed by atoms with E-state index >= 15 is 0 Å². The molecule has 0 atom stereocenters. The van der Waals surface area contributed by atoms with Crippen molar-refractivity contribution in [2.75, 3.05) is 18.7 Å². The van der Waals surface area contributed by atoms with Crippen LogP contribution < -0.4 is 10.9 Å². The number of nitrogens with one attached hydrogen (secondary N) is 1. The van der Waals surface area contributed by atoms with Crippen molar-refractivity contribution in [2.24, 2.45) is 0 Å². The largest absolute Gasteiger partial charge is 0.465 e. The molecule has 0 fully saturated rings. The van der Waals surface area contributed by atoms with Gasteiger partial charge in [-0.25, -0.2) is 4.79 Å². The first-order valence-electron chi connectivity index (χ1n) is 8.37. The van der Waals surface area contributed by atoms with E-state index in [0.717, 1.165) is 10.2 Å². The van der Waals surface area contributed by atoms with Gasteiger partial charge in [0.25, 0.3) is 5.56 Å². The van der Waals surface area contributed by atoms with Crippen LogP contribution in [-0.2, 0) is 11.3 Å². The van der Waals surface area contributed by atoms with E-state index in [0.29, 0.717) is 17.9 Å². The molecule has 6 nitrogen and oxygen atoms in total. The SMILES string of the molecule is COC(=O)c1ccccc1-n1ncc(NCc2ccc(SC)cc2)c(Cl)c1=O. The van der Waals surface area contributed by atoms with Crippen LogP contribution in [0, 0.1) is 0 Å². The molecule has 144 valence electrons. The lowest BCUT2D eigenvalue weighted by Crippen LogP contribution is -2.24. The number of benzene rings is 2. The molecular weight excluding hydrogens is 398 g/mol. The number of halogens is 1. The molecule has 8 heteroatoms. The molecule has 28 heavy (non-hydrogen) atoms. The molecule has 0 saturated heterocycles. The number of carbonyl (C=O) groups is 1. The van der Waals surface area contributed by atoms with E-state index in [4.69, 9.17) is 16.3 Å². The number of nitrogens with zero attached hydrogens (tertiary/aromatic N) is 2. The summed E-state index contributed by atoms with van der Waals surface area (Å²) in [6.45, 7) is 0.498. The highest BCUT2D eigenvalue weighted by Crippen LogP contribution is 2.20. The van der Waals surface area contributed by atoms with Crippen LogP contribution in [0.5, 0.6) is 0 Å². The molecule has 1 aromatic heterocycles. The number of hydrogen-bond donors (Lipinski definition) is 1. The quantitative estimate of drug-likeness (QED) is 0.484. The average molecular weight is 416 g/mol. The van der Waals surface area contributed by atoms with Gasteiger partial charge in [-0.3, -0.25) is 4.79 Å². The Balaban J connectivity index is 1.87. The van der Waals surface area contributed by atoms with Crippen molar-refractivity contribution in [3.05, 3.63) is 81.2 Å². The van der Waals surface area contributed by atoms with Gasteiger partial charge in [-0.2, -0.15) is 9.78 Å². The minimum Gasteiger partial charge on any atom is -0.465 e. The fourth-order valence-electron chi connectivity index (χ4n) is 2.61. The summed E-state index contributed by atoms with van der Waals surface area (Å²) in [5.41, 5.74) is 1.48. The van der Waals surface area contributed by atoms with Gasteiger partial charge in [-0.1, -0.05) is 35.9 Å². The Morgan fingerprint density at radius 2 is 1.93 bits per heavy atom. The fraction of sp³-hybridized carbons (Fsp3) is 0.150. The van der Waals surface area contributed by atoms with Gasteiger partial charge >= 0.3 is 5.97 Å². The monoisotopic (exact) mass is 415 g/mol. The van der Waals surface area contributed by atoms with Crippen LogP contribution in [0.25, 0.3) is 5.69 Å². The molecule has 0 radical (unpaired) electrons. The lowest BCUT2D eigenvalue weighted by Gasteiger charge is -2.12. The van der Waals surface area contributed by atoms with Crippen molar-refractivity contribution in [1.82, 2.24) is 9.78 Å². The number of thioether (sulfide) groups is 1. The molecule has 2 aromatic carbocycles. The van der Waals surface area contributed by atoms with E-state index in [1.165, 1.54) is 18.2 Å². The Labute approximate surface area is 171 Å². The zero-order valence-corrected chi connectivity index (χ0v) is 16.9. The fourth-order valence-corrected chi connectivity index (χ4v) is 3.21. The predicted molar refractivity (Wildman–Crippen MR) is 112 cm³/mol. The number of rotatable bonds is 6. The molecule has 0 spiro atoms. The van der Waals surface area contributed by atoms with Gasteiger partial charge < -0.3 is 10.1 Å². The van der Waals surface area contributed by atoms with E-state index in [9.17, 15) is 9.59 Å². The highest BCUT2D eigenvalue weighted by atomic mass is 35.5. The number of carbonyl (C=O) groups excluding carboxylic acids is 1. The van der Waals surface area contributed by atoms with Crippen molar-refractivity contribution in [3.63, 3.8) is 0 Å². The molecule has 1 heterocycles. The molecular formula is C20H18ClN3O3S. The van der Waals surface area contributed by atoms with Gasteiger partial charge in [0.1, 0.15) is 5.02 Å². The predicted octanol–water partition coefficient (Wildman–Crippen LogP) is 4.01. The number of anilines is 1. The second kappa shape index (κ2) is 8.95. The third-order valence-electron chi connectivity index (χ3n) is 4.10. The molecule has 0 aliphatic carbocycles. The van der Waals surface area contributed by atoms with Crippen LogP contribution >= 0.6 is 23.4 Å². The standard InChI is InChI=1S/C20H18ClN3O3S/c1-27-20(26)15-5-3-4-6-17(15)24-19(25)18(21)16(12-23-24)22-11-13-7-9-14(28-2)10-8-13/h3-10,12,22H,11H2,1-2H3. The molecule has 0 aliphatic heterocycles. The minimum absolute atomic E-state index is 0.00426. The smallest absolute Gasteiger partial charge is 0.340 e. The van der Waals surface area contributed by atoms with Gasteiger partial charge in [0.05, 0.1) is 30.2 Å². The number of para-hydroxylation sites is 1. The van der Waals surface area contributed by atoms with Gasteiger partial charge in [0.15, 0.2) is 0 Å². The third-order valence-corrected chi connectivity index (χ3v) is 5.21. The Kier molecular flexibility index (Phi) is 6.38. The summed E-state index contributed by atoms with van der Waals surface area (Å²) < 4.78 is 5.86. The molecule has 0 unspecified atom stereocenters. The normalized spacial score (nSPS) is 10.5. The Hall–Kier alpha value is -2.77. The Morgan fingerprint density at radius 3 is 2.61 bits per heavy atom. The first kappa shape index (κ1) is 20.0. The van der Waals surface area contributed by atoms with E-state index in [2.05, 4.69) is 10.4 Å². The maximum absolute atomic E-state index is 12.7. The van der Waals surface area contributed by atoms with Crippen molar-refractivity contribution in [3.8, 4) is 5.69 Å². The molecule has 0 bridgehead atoms. The number of hydrogen-bond acceptors (Lipinski definition) is 6. The number of ether oxygens (including phenoxy) is 1. The van der Waals surface area contributed by atoms with Crippen LogP contribution in [0.15, 0.2) is 64.4 Å². The number of aromatic nitrogens is 2. The van der Waals surface area contributed by atoms with Crippen LogP contribution in [0.4, 0.5) is 5.69 Å². The molecule has 0 aliphatic rings. The van der Waals surface area contributed by atoms with Crippen molar-refractivity contribution in [2.45, 2.75) is 11.4 Å². The van der Waals surface area contributed by atoms with Crippen molar-refractivity contribution < 1.29 is 9.53 Å². The van der Waals surface area contributed by atoms with Crippen molar-refractivity contribution >= 4 is 35.0 Å². The summed E-state index contributed by atoms with van der Waals surface area (Å²) in [5.74, 6) is -0.559. The zero-order valence-electron chi connectivity index (χ0n) is 15.3. The molecule has 3 aromatic rings. The van der Waals surface area contributed by atoms with Crippen molar-refractivity contribution in [1.29, 1.82) is 0 Å². The van der Waals surface area contributed by atoms with Crippen LogP contribution in [0.3, 0.4) is 0 Å². The van der Waals surface area contributed by atoms with E-state index in [1.807, 2.05) is 30.5 Å². The van der Waals surface area contributed by atoms with Gasteiger partial charge in [-0.05, 0) is 36.1 Å². The van der Waals surface area contributed by atoms with Gasteiger partial charge in [0.2, 0.25) is 0 Å². The van der Waals surface area contributed by atoms with Gasteiger partial charge in [-0.15, -0.1) is 11.8 Å². The second-order valence-electron chi connectivity index (χ2n) is 5.80. The van der Waals surface area contributed by atoms with E-state index < -0.39 is 11.5 Å². The topological polar surface area (TPSA) is 73.2 Å². The summed E-state index contributed by atoms with van der Waals surface area (Å²) in [4.78, 5) is 25.9. The maximum atomic E-state index is 12.7. The summed E-state index contributed by atoms with van der Waals surface area (Å²) >= 11 is 7.94. The number of esters is 1. The molecule has 0 amide bonds. The highest BCUT2D eigenvalue weighted by Gasteiger charge is 2.17. The summed E-state index contributed by atoms with van der Waals surface area (Å²) in [5, 5.41) is 7.30. The molecule has 0 saturated carbocycles. The molecule has 3 rings (SSSR count). The van der Waals surface area contributed by atoms with Gasteiger partial charge in [0, 0.05) is 11.4 Å². The summed E-state index contributed by atoms with van der Waals surface area (Å²) in [6, 6.07) is 14.6. The van der Waals surface area contributed by atoms with E-state index in [1.54, 1.807) is 36.0 Å². The highest BCUT2D eigenvalue weighted by molar-refractivity contribution is 7.98. The Morgan fingerprint density at radius 1 is 1.21 bits per heavy atom. The van der Waals surface area contributed by atoms with E-state index in [-0.39, 0.29) is 10.6 Å². The first-order chi connectivity index (χ1) is 13.5. The van der Waals surface area contributed by atoms with Crippen LogP contribution in [-0.4, -0.2) is 29.1 Å². The Bertz CT molecular complexity index is 1050. The first-order valence-corrected chi connectivity index (χ1v) is 9.97. The van der Waals surface area contributed by atoms with Crippen LogP contribution in [0.1, 0.15) is 15.9 Å². The summed E-state index contributed by atoms with van der Waals surface area (Å²) in [7, 11) is 1.28. The number of methoxy groups -OCH3 is 1. The minimum atomic E-state index is -0.559. The molecule has 1 N–H and O–H groups in total. The summed E-state index contributed by atoms with van der Waals surface area (Å²) in [6.07, 6.45) is 3.49. The lowest BCUT2D eigenvalue weighted by atomic mass is 10.2. The lowest BCUT2D eigenvalue weighted by molar-refractivity contribution is 0.0600. The average Bonchev–Trinajstić information content (AvgIpc) is 2.74. The maximum Gasteiger partial charge on any atom is 0.340 e. The van der Waals surface area contributed by atoms with Crippen LogP contribution in [0.2, 0.25) is 5.02 Å². The second-order valence-corrected chi connectivity index (χ2v) is 7.06. The zero-order chi connectivity index (χ0) is 20.1. The third kappa shape index (κ3) is 4.21.